The van der Waals surface area contributed by atoms with Crippen LogP contribution in [-0.2, 0) is 0 Å². The maximum atomic E-state index is 12.1. The molecule has 0 N–H and O–H groups in total. The molecule has 1 amide bonds. The summed E-state index contributed by atoms with van der Waals surface area (Å²) in [6.07, 6.45) is -5.62. The van der Waals surface area contributed by atoms with Crippen LogP contribution in [0.2, 0.25) is 10.0 Å². The maximum absolute atomic E-state index is 12.1. The first kappa shape index (κ1) is 17.5. The molecule has 0 fully saturated rings. The highest BCUT2D eigenvalue weighted by Crippen LogP contribution is 2.31. The van der Waals surface area contributed by atoms with Gasteiger partial charge in [-0.15, -0.1) is 0 Å². The molecule has 116 valence electrons. The molecule has 1 aromatic carbocycles. The van der Waals surface area contributed by atoms with Crippen LogP contribution in [0.1, 0.15) is 16.8 Å². The van der Waals surface area contributed by atoms with Crippen LogP contribution < -0.4 is 0 Å². The third-order valence-electron chi connectivity index (χ3n) is 2.53. The van der Waals surface area contributed by atoms with E-state index in [2.05, 4.69) is 0 Å². The number of carbonyl (C=O) groups excluding carboxylic acids is 1. The van der Waals surface area contributed by atoms with Gasteiger partial charge in [0.25, 0.3) is 11.6 Å². The van der Waals surface area contributed by atoms with Gasteiger partial charge in [-0.25, -0.2) is 0 Å². The Morgan fingerprint density at radius 3 is 2.43 bits per heavy atom. The van der Waals surface area contributed by atoms with E-state index in [9.17, 15) is 28.1 Å². The van der Waals surface area contributed by atoms with Gasteiger partial charge in [-0.2, -0.15) is 13.2 Å². The van der Waals surface area contributed by atoms with Crippen molar-refractivity contribution >= 4 is 34.8 Å². The molecule has 5 nitrogen and oxygen atoms in total. The van der Waals surface area contributed by atoms with Crippen LogP contribution in [0.15, 0.2) is 12.1 Å². The first-order chi connectivity index (χ1) is 9.53. The van der Waals surface area contributed by atoms with Crippen LogP contribution in [0.25, 0.3) is 0 Å². The molecule has 0 spiro atoms. The highest BCUT2D eigenvalue weighted by atomic mass is 35.5. The molecule has 0 aliphatic rings. The summed E-state index contributed by atoms with van der Waals surface area (Å²) in [4.78, 5) is 22.7. The van der Waals surface area contributed by atoms with Crippen molar-refractivity contribution in [3.05, 3.63) is 37.9 Å². The number of nitro groups is 1. The topological polar surface area (TPSA) is 63.5 Å². The summed E-state index contributed by atoms with van der Waals surface area (Å²) in [6, 6.07) is 1.83. The highest BCUT2D eigenvalue weighted by molar-refractivity contribution is 6.44. The average molecular weight is 345 g/mol. The number of alkyl halides is 3. The Morgan fingerprint density at radius 1 is 1.38 bits per heavy atom. The van der Waals surface area contributed by atoms with Crippen molar-refractivity contribution in [3.8, 4) is 0 Å². The molecule has 1 aromatic rings. The quantitative estimate of drug-likeness (QED) is 0.614. The molecule has 0 saturated carbocycles. The van der Waals surface area contributed by atoms with Crippen molar-refractivity contribution in [2.75, 3.05) is 13.6 Å². The summed E-state index contributed by atoms with van der Waals surface area (Å²) in [5, 5.41) is 10.2. The van der Waals surface area contributed by atoms with Crippen molar-refractivity contribution < 1.29 is 22.9 Å². The van der Waals surface area contributed by atoms with E-state index in [0.29, 0.717) is 0 Å². The monoisotopic (exact) mass is 344 g/mol. The van der Waals surface area contributed by atoms with Crippen molar-refractivity contribution in [3.63, 3.8) is 0 Å². The molecule has 21 heavy (non-hydrogen) atoms. The van der Waals surface area contributed by atoms with Gasteiger partial charge < -0.3 is 4.90 Å². The molecule has 0 saturated heterocycles. The molecule has 0 unspecified atom stereocenters. The summed E-state index contributed by atoms with van der Waals surface area (Å²) < 4.78 is 36.4. The number of rotatable bonds is 4. The summed E-state index contributed by atoms with van der Waals surface area (Å²) in [5.74, 6) is -0.880. The van der Waals surface area contributed by atoms with E-state index in [1.54, 1.807) is 0 Å². The van der Waals surface area contributed by atoms with Crippen molar-refractivity contribution in [2.24, 2.45) is 0 Å². The number of non-ortho nitro benzene ring substituents is 1. The van der Waals surface area contributed by atoms with Crippen LogP contribution >= 0.6 is 23.2 Å². The molecule has 0 aromatic heterocycles. The molecule has 1 rings (SSSR count). The smallest absolute Gasteiger partial charge is 0.341 e. The molecule has 0 radical (unpaired) electrons. The Bertz CT molecular complexity index is 579. The second-order valence-corrected chi connectivity index (χ2v) is 4.92. The first-order valence-electron chi connectivity index (χ1n) is 5.48. The minimum atomic E-state index is -4.42. The SMILES string of the molecule is CN(CCC(F)(F)F)C(=O)c1cc([N+](=O)[O-])cc(Cl)c1Cl. The van der Waals surface area contributed by atoms with Gasteiger partial charge in [0.2, 0.25) is 0 Å². The molecular weight excluding hydrogens is 336 g/mol. The zero-order valence-electron chi connectivity index (χ0n) is 10.6. The summed E-state index contributed by atoms with van der Waals surface area (Å²) >= 11 is 11.4. The highest BCUT2D eigenvalue weighted by Gasteiger charge is 2.29. The zero-order valence-corrected chi connectivity index (χ0v) is 12.1. The molecular formula is C11H9Cl2F3N2O3. The molecule has 0 aliphatic heterocycles. The lowest BCUT2D eigenvalue weighted by Crippen LogP contribution is -2.30. The summed E-state index contributed by atoms with van der Waals surface area (Å²) in [5.41, 5.74) is -0.794. The Labute approximate surface area is 127 Å². The lowest BCUT2D eigenvalue weighted by atomic mass is 10.1. The van der Waals surface area contributed by atoms with Crippen LogP contribution in [0.3, 0.4) is 0 Å². The zero-order chi connectivity index (χ0) is 16.4. The first-order valence-corrected chi connectivity index (χ1v) is 6.24. The average Bonchev–Trinajstić information content (AvgIpc) is 2.37. The predicted molar refractivity (Wildman–Crippen MR) is 70.7 cm³/mol. The second-order valence-electron chi connectivity index (χ2n) is 4.14. The summed E-state index contributed by atoms with van der Waals surface area (Å²) in [7, 11) is 1.14. The fourth-order valence-corrected chi connectivity index (χ4v) is 1.84. The maximum Gasteiger partial charge on any atom is 0.390 e. The molecule has 0 heterocycles. The number of amides is 1. The van der Waals surface area contributed by atoms with Crippen LogP contribution in [0, 0.1) is 10.1 Å². The van der Waals surface area contributed by atoms with E-state index < -0.39 is 35.7 Å². The third-order valence-corrected chi connectivity index (χ3v) is 3.33. The molecule has 0 bridgehead atoms. The van der Waals surface area contributed by atoms with Crippen LogP contribution in [-0.4, -0.2) is 35.5 Å². The minimum Gasteiger partial charge on any atom is -0.341 e. The van der Waals surface area contributed by atoms with Gasteiger partial charge in [0.1, 0.15) is 0 Å². The predicted octanol–water partition coefficient (Wildman–Crippen LogP) is 3.93. The largest absolute Gasteiger partial charge is 0.390 e. The van der Waals surface area contributed by atoms with E-state index in [1.807, 2.05) is 0 Å². The Morgan fingerprint density at radius 2 is 1.95 bits per heavy atom. The molecule has 0 atom stereocenters. The van der Waals surface area contributed by atoms with E-state index in [1.165, 1.54) is 0 Å². The lowest BCUT2D eigenvalue weighted by molar-refractivity contribution is -0.384. The van der Waals surface area contributed by atoms with Crippen molar-refractivity contribution in [1.29, 1.82) is 0 Å². The number of carbonyl (C=O) groups is 1. The van der Waals surface area contributed by atoms with Crippen LogP contribution in [0.4, 0.5) is 18.9 Å². The van der Waals surface area contributed by atoms with E-state index in [-0.39, 0.29) is 15.6 Å². The number of nitro benzene ring substituents is 1. The van der Waals surface area contributed by atoms with Crippen LogP contribution in [0.5, 0.6) is 0 Å². The standard InChI is InChI=1S/C11H9Cl2F3N2O3/c1-17(3-2-11(14,15)16)10(19)7-4-6(18(20)21)5-8(12)9(7)13/h4-5H,2-3H2,1H3. The molecule has 10 heteroatoms. The van der Waals surface area contributed by atoms with Gasteiger partial charge in [-0.1, -0.05) is 23.2 Å². The van der Waals surface area contributed by atoms with E-state index >= 15 is 0 Å². The minimum absolute atomic E-state index is 0.224. The number of hydrogen-bond donors (Lipinski definition) is 0. The van der Waals surface area contributed by atoms with Gasteiger partial charge in [-0.05, 0) is 0 Å². The Balaban J connectivity index is 3.04. The van der Waals surface area contributed by atoms with Gasteiger partial charge in [0, 0.05) is 25.7 Å². The number of benzene rings is 1. The van der Waals surface area contributed by atoms with Crippen molar-refractivity contribution in [2.45, 2.75) is 12.6 Å². The number of nitrogens with zero attached hydrogens (tertiary/aromatic N) is 2. The fraction of sp³-hybridized carbons (Fsp3) is 0.364. The number of hydrogen-bond acceptors (Lipinski definition) is 3. The summed E-state index contributed by atoms with van der Waals surface area (Å²) in [6.45, 7) is -0.598. The van der Waals surface area contributed by atoms with Gasteiger partial charge in [-0.3, -0.25) is 14.9 Å². The molecule has 0 aliphatic carbocycles. The van der Waals surface area contributed by atoms with Gasteiger partial charge in [0.15, 0.2) is 0 Å². The third kappa shape index (κ3) is 4.75. The Kier molecular flexibility index (Phi) is 5.41. The normalized spacial score (nSPS) is 11.3. The fourth-order valence-electron chi connectivity index (χ4n) is 1.44. The Hall–Kier alpha value is -1.54. The lowest BCUT2D eigenvalue weighted by Gasteiger charge is -2.19. The van der Waals surface area contributed by atoms with Crippen molar-refractivity contribution in [1.82, 2.24) is 4.90 Å². The van der Waals surface area contributed by atoms with Gasteiger partial charge >= 0.3 is 6.18 Å². The van der Waals surface area contributed by atoms with E-state index in [0.717, 1.165) is 24.1 Å². The number of halogens is 5. The second kappa shape index (κ2) is 6.48. The van der Waals surface area contributed by atoms with E-state index in [4.69, 9.17) is 23.2 Å². The van der Waals surface area contributed by atoms with Gasteiger partial charge in [0.05, 0.1) is 27.0 Å².